The van der Waals surface area contributed by atoms with Crippen LogP contribution in [0.3, 0.4) is 0 Å². The van der Waals surface area contributed by atoms with Crippen LogP contribution in [0.25, 0.3) is 0 Å². The first-order valence-corrected chi connectivity index (χ1v) is 16.2. The van der Waals surface area contributed by atoms with Gasteiger partial charge in [-0.25, -0.2) is 0 Å². The summed E-state index contributed by atoms with van der Waals surface area (Å²) in [7, 11) is 0. The van der Waals surface area contributed by atoms with Gasteiger partial charge < -0.3 is 0 Å². The topological polar surface area (TPSA) is 0 Å². The van der Waals surface area contributed by atoms with E-state index >= 15 is 0 Å². The maximum absolute atomic E-state index is 4.11. The Balaban J connectivity index is 1.31. The molecular weight excluding hydrogens is 423 g/mol. The van der Waals surface area contributed by atoms with E-state index in [1.54, 1.807) is 6.42 Å². The quantitative estimate of drug-likeness (QED) is 0.278. The Bertz CT molecular complexity index is 1370. The van der Waals surface area contributed by atoms with Gasteiger partial charge in [-0.3, -0.25) is 0 Å². The molecule has 10 heterocycles. The second-order valence-corrected chi connectivity index (χ2v) is 36.6. The Hall–Kier alpha value is 0.0295. The summed E-state index contributed by atoms with van der Waals surface area (Å²) >= 11 is 2.39. The second-order valence-electron chi connectivity index (χ2n) is 12.0. The Morgan fingerprint density at radius 1 is 1.00 bits per heavy atom. The number of benzene rings is 1. The monoisotopic (exact) mass is 440 g/mol. The molecule has 0 aromatic heterocycles. The zero-order valence-corrected chi connectivity index (χ0v) is 15.6. The van der Waals surface area contributed by atoms with Crippen LogP contribution in [0, 0.1) is 15.4 Å². The Morgan fingerprint density at radius 2 is 1.59 bits per heavy atom. The number of rotatable bonds is 1. The van der Waals surface area contributed by atoms with Crippen LogP contribution >= 0.6 is 22.6 Å². The summed E-state index contributed by atoms with van der Waals surface area (Å²) < 4.78 is 3.11. The fourth-order valence-corrected chi connectivity index (χ4v) is 96.0. The van der Waals surface area contributed by atoms with Gasteiger partial charge >= 0.3 is 135 Å². The molecule has 10 fully saturated rings. The summed E-state index contributed by atoms with van der Waals surface area (Å²) in [6, 6.07) is 8.93. The molecule has 0 nitrogen and oxygen atoms in total. The van der Waals surface area contributed by atoms with E-state index in [0.29, 0.717) is 0 Å². The van der Waals surface area contributed by atoms with Gasteiger partial charge in [-0.2, -0.15) is 0 Å². The van der Waals surface area contributed by atoms with Crippen molar-refractivity contribution in [2.24, 2.45) is 0 Å². The molecule has 1 aromatic carbocycles. The molecule has 10 saturated heterocycles. The third kappa shape index (κ3) is 0.121. The molecule has 11 rings (SSSR count). The van der Waals surface area contributed by atoms with Gasteiger partial charge in [0.15, 0.2) is 0 Å². The van der Waals surface area contributed by atoms with E-state index in [-0.39, 0.29) is 0 Å². The predicted octanol–water partition coefficient (Wildman–Crippen LogP) is 6.18. The fraction of sp³-hybridized carbons (Fsp3) is 0.600. The van der Waals surface area contributed by atoms with Gasteiger partial charge in [0.2, 0.25) is 0 Å². The van der Waals surface area contributed by atoms with Gasteiger partial charge in [-0.1, -0.05) is 0 Å². The first-order valence-electron chi connectivity index (χ1n) is 8.96. The fourth-order valence-electron chi connectivity index (χ4n) is 19.0. The molecule has 1 spiro atoms. The second kappa shape index (κ2) is 0.954. The third-order valence-electron chi connectivity index (χ3n) is 16.9. The third-order valence-corrected chi connectivity index (χ3v) is 61.0. The average Bonchev–Trinajstić information content (AvgIpc) is 3.48. The van der Waals surface area contributed by atoms with Gasteiger partial charge in [0.1, 0.15) is 0 Å². The molecule has 10 aliphatic rings. The molecule has 0 bridgehead atoms. The van der Waals surface area contributed by atoms with E-state index in [4.69, 9.17) is 0 Å². The van der Waals surface area contributed by atoms with E-state index < -0.39 is 6.51 Å². The van der Waals surface area contributed by atoms with Crippen molar-refractivity contribution in [3.8, 4) is 11.8 Å². The van der Waals surface area contributed by atoms with Crippen LogP contribution in [-0.2, 0) is 6.51 Å². The first-order chi connectivity index (χ1) is 10.5. The van der Waals surface area contributed by atoms with Crippen molar-refractivity contribution in [2.75, 3.05) is 0 Å². The number of halogens is 1. The van der Waals surface area contributed by atoms with Crippen molar-refractivity contribution in [1.29, 1.82) is 0 Å². The molecule has 1 aromatic rings. The van der Waals surface area contributed by atoms with Crippen LogP contribution in [0.5, 0.6) is 0 Å². The summed E-state index contributed by atoms with van der Waals surface area (Å²) in [6.07, 6.45) is 1.58. The van der Waals surface area contributed by atoms with Crippen LogP contribution in [0.15, 0.2) is 24.3 Å². The summed E-state index contributed by atoms with van der Waals surface area (Å²) in [6.45, 7) is -0.555. The van der Waals surface area contributed by atoms with Crippen molar-refractivity contribution >= 4 is 22.6 Å². The zero-order valence-electron chi connectivity index (χ0n) is 12.4. The van der Waals surface area contributed by atoms with Crippen molar-refractivity contribution in [3.63, 3.8) is 0 Å². The van der Waals surface area contributed by atoms with Crippen LogP contribution in [0.2, 0.25) is 47.2 Å². The van der Waals surface area contributed by atoms with E-state index in [9.17, 15) is 0 Å². The van der Waals surface area contributed by atoms with Crippen LogP contribution in [0.1, 0.15) is 18.9 Å². The summed E-state index contributed by atoms with van der Waals surface area (Å²) in [4.78, 5) is 10.9. The van der Waals surface area contributed by atoms with Gasteiger partial charge in [0, 0.05) is 0 Å². The van der Waals surface area contributed by atoms with Gasteiger partial charge in [0.05, 0.1) is 0 Å². The number of hydrogen-bond acceptors (Lipinski definition) is 0. The molecule has 10 aliphatic heterocycles. The average molecular weight is 440 g/mol. The minimum atomic E-state index is -3.13. The Labute approximate surface area is 134 Å². The van der Waals surface area contributed by atoms with Gasteiger partial charge in [0.25, 0.3) is 0 Å². The Morgan fingerprint density at radius 3 is 2.05 bits per heavy atom. The maximum atomic E-state index is 4.11. The summed E-state index contributed by atoms with van der Waals surface area (Å²) in [5.74, 6) is 7.83. The van der Waals surface area contributed by atoms with Crippen molar-refractivity contribution in [3.05, 3.63) is 33.4 Å². The zero-order chi connectivity index (χ0) is 14.0. The predicted molar refractivity (Wildman–Crippen MR) is 91.7 cm³/mol. The van der Waals surface area contributed by atoms with Crippen molar-refractivity contribution in [2.45, 2.75) is 60.5 Å². The van der Waals surface area contributed by atoms with E-state index in [2.05, 4.69) is 65.6 Å². The van der Waals surface area contributed by atoms with Gasteiger partial charge in [-0.05, 0) is 0 Å². The Kier molecular flexibility index (Phi) is 0.412. The molecule has 22 heavy (non-hydrogen) atoms. The standard InChI is InChI=1S/C13H8I.C7H9.Fe/c14-13-9-7-12(8-10-13)6-5-11-3-1-2-4-11;1-2-7-5-3-4-6-7;/h1-4,7-10H;3-6H,2H2,1H3;. The molecule has 0 saturated carbocycles. The van der Waals surface area contributed by atoms with E-state index in [1.807, 2.05) is 0 Å². The molecule has 0 aliphatic carbocycles. The first kappa shape index (κ1) is 9.50. The molecular formula is C20H17FeI. The minimum absolute atomic E-state index is 0.743. The van der Waals surface area contributed by atoms with E-state index in [0.717, 1.165) is 8.63 Å². The van der Waals surface area contributed by atoms with Crippen LogP contribution in [-0.4, -0.2) is 0 Å². The molecule has 8 unspecified atom stereocenters. The van der Waals surface area contributed by atoms with Crippen LogP contribution < -0.4 is 0 Å². The van der Waals surface area contributed by atoms with E-state index in [1.165, 1.54) is 47.7 Å². The normalized spacial score (nSPS) is 97.4. The molecule has 0 amide bonds. The summed E-state index contributed by atoms with van der Waals surface area (Å²) in [5.41, 5.74) is 1.28. The molecule has 112 valence electrons. The number of hydrogen-bond donors (Lipinski definition) is 0. The molecule has 0 radical (unpaired) electrons. The summed E-state index contributed by atoms with van der Waals surface area (Å²) in [5, 5.41) is 0. The van der Waals surface area contributed by atoms with Gasteiger partial charge in [-0.15, -0.1) is 0 Å². The molecule has 0 N–H and O–H groups in total. The van der Waals surface area contributed by atoms with Crippen molar-refractivity contribution < 1.29 is 6.51 Å². The number of fused-ring (bicyclic) bond motifs is 10. The van der Waals surface area contributed by atoms with Crippen LogP contribution in [0.4, 0.5) is 0 Å². The molecule has 8 atom stereocenters. The van der Waals surface area contributed by atoms with Crippen molar-refractivity contribution in [1.82, 2.24) is 0 Å². The SMILES string of the molecule is CC[C]12[CH]3[CH]4[CH]5[CH]1[Fe]45321678[CH]2[CH]1[CH]6[C]7(C#Cc1ccc(I)cc1)[CH]28. The molecule has 2 heteroatoms.